The van der Waals surface area contributed by atoms with Gasteiger partial charge in [0.05, 0.1) is 6.61 Å². The van der Waals surface area contributed by atoms with Crippen LogP contribution in [0.25, 0.3) is 0 Å². The highest BCUT2D eigenvalue weighted by molar-refractivity contribution is 6.30. The lowest BCUT2D eigenvalue weighted by molar-refractivity contribution is 0.275. The molecular weight excluding hydrogens is 190 g/mol. The SMILES string of the molecule is C[C@H](N)c1cc(Cl)cc(CO)c1O. The number of hydrogen-bond acceptors (Lipinski definition) is 3. The maximum Gasteiger partial charge on any atom is 0.125 e. The molecule has 3 nitrogen and oxygen atoms in total. The fourth-order valence-electron chi connectivity index (χ4n) is 1.15. The molecule has 1 aromatic rings. The summed E-state index contributed by atoms with van der Waals surface area (Å²) in [7, 11) is 0. The Morgan fingerprint density at radius 2 is 2.15 bits per heavy atom. The van der Waals surface area contributed by atoms with Crippen molar-refractivity contribution < 1.29 is 10.2 Å². The van der Waals surface area contributed by atoms with Crippen LogP contribution in [0.5, 0.6) is 5.75 Å². The molecule has 1 aromatic carbocycles. The molecule has 0 radical (unpaired) electrons. The standard InChI is InChI=1S/C9H12ClNO2/c1-5(11)8-3-7(10)2-6(4-12)9(8)13/h2-3,5,12-13H,4,11H2,1H3/t5-/m0/s1. The molecule has 0 unspecified atom stereocenters. The van der Waals surface area contributed by atoms with Gasteiger partial charge in [-0.3, -0.25) is 0 Å². The van der Waals surface area contributed by atoms with E-state index in [-0.39, 0.29) is 18.4 Å². The van der Waals surface area contributed by atoms with E-state index in [0.29, 0.717) is 16.1 Å². The second kappa shape index (κ2) is 3.96. The topological polar surface area (TPSA) is 66.5 Å². The number of rotatable bonds is 2. The number of phenols is 1. The molecule has 0 amide bonds. The van der Waals surface area contributed by atoms with Crippen LogP contribution in [0.15, 0.2) is 12.1 Å². The van der Waals surface area contributed by atoms with Crippen LogP contribution in [0.1, 0.15) is 24.1 Å². The molecule has 0 aromatic heterocycles. The average molecular weight is 202 g/mol. The number of aliphatic hydroxyl groups is 1. The average Bonchev–Trinajstić information content (AvgIpc) is 2.08. The first-order chi connectivity index (χ1) is 6.06. The van der Waals surface area contributed by atoms with E-state index in [1.807, 2.05) is 0 Å². The van der Waals surface area contributed by atoms with Crippen LogP contribution in [0, 0.1) is 0 Å². The van der Waals surface area contributed by atoms with Crippen molar-refractivity contribution in [3.05, 3.63) is 28.3 Å². The molecule has 72 valence electrons. The maximum atomic E-state index is 9.59. The summed E-state index contributed by atoms with van der Waals surface area (Å²) in [5.74, 6) is 0.0295. The number of aromatic hydroxyl groups is 1. The molecule has 13 heavy (non-hydrogen) atoms. The van der Waals surface area contributed by atoms with Gasteiger partial charge in [-0.25, -0.2) is 0 Å². The zero-order valence-corrected chi connectivity index (χ0v) is 8.04. The van der Waals surface area contributed by atoms with E-state index in [9.17, 15) is 5.11 Å². The van der Waals surface area contributed by atoms with Gasteiger partial charge in [0.1, 0.15) is 5.75 Å². The predicted octanol–water partition coefficient (Wildman–Crippen LogP) is 1.56. The monoisotopic (exact) mass is 201 g/mol. The number of hydrogen-bond donors (Lipinski definition) is 3. The zero-order valence-electron chi connectivity index (χ0n) is 7.29. The highest BCUT2D eigenvalue weighted by Crippen LogP contribution is 2.30. The molecule has 4 heteroatoms. The molecule has 0 saturated carbocycles. The van der Waals surface area contributed by atoms with Crippen molar-refractivity contribution in [2.24, 2.45) is 5.73 Å². The largest absolute Gasteiger partial charge is 0.507 e. The lowest BCUT2D eigenvalue weighted by Gasteiger charge is -2.11. The fourth-order valence-corrected chi connectivity index (χ4v) is 1.40. The van der Waals surface area contributed by atoms with Gasteiger partial charge < -0.3 is 15.9 Å². The van der Waals surface area contributed by atoms with Crippen molar-refractivity contribution in [1.29, 1.82) is 0 Å². The van der Waals surface area contributed by atoms with Gasteiger partial charge in [-0.05, 0) is 19.1 Å². The summed E-state index contributed by atoms with van der Waals surface area (Å²) in [5.41, 5.74) is 6.56. The minimum Gasteiger partial charge on any atom is -0.507 e. The van der Waals surface area contributed by atoms with Crippen LogP contribution in [0.3, 0.4) is 0 Å². The molecule has 4 N–H and O–H groups in total. The molecule has 0 aliphatic carbocycles. The Hall–Kier alpha value is -0.770. The Balaban J connectivity index is 3.27. The van der Waals surface area contributed by atoms with Gasteiger partial charge in [0.2, 0.25) is 0 Å². The fraction of sp³-hybridized carbons (Fsp3) is 0.333. The van der Waals surface area contributed by atoms with Gasteiger partial charge >= 0.3 is 0 Å². The van der Waals surface area contributed by atoms with Gasteiger partial charge in [-0.2, -0.15) is 0 Å². The quantitative estimate of drug-likeness (QED) is 0.680. The molecule has 1 rings (SSSR count). The van der Waals surface area contributed by atoms with E-state index in [2.05, 4.69) is 0 Å². The van der Waals surface area contributed by atoms with Crippen molar-refractivity contribution in [3.63, 3.8) is 0 Å². The predicted molar refractivity (Wildman–Crippen MR) is 51.6 cm³/mol. The highest BCUT2D eigenvalue weighted by Gasteiger charge is 2.11. The molecule has 0 heterocycles. The first-order valence-corrected chi connectivity index (χ1v) is 4.31. The molecule has 0 saturated heterocycles. The van der Waals surface area contributed by atoms with Crippen LogP contribution < -0.4 is 5.73 Å². The van der Waals surface area contributed by atoms with E-state index in [4.69, 9.17) is 22.4 Å². The van der Waals surface area contributed by atoms with Gasteiger partial charge in [0.25, 0.3) is 0 Å². The summed E-state index contributed by atoms with van der Waals surface area (Å²) < 4.78 is 0. The van der Waals surface area contributed by atoms with Crippen molar-refractivity contribution in [2.45, 2.75) is 19.6 Å². The van der Waals surface area contributed by atoms with E-state index >= 15 is 0 Å². The lowest BCUT2D eigenvalue weighted by atomic mass is 10.0. The van der Waals surface area contributed by atoms with E-state index in [1.165, 1.54) is 6.07 Å². The molecule has 0 spiro atoms. The minimum atomic E-state index is -0.302. The van der Waals surface area contributed by atoms with Gasteiger partial charge in [-0.1, -0.05) is 11.6 Å². The first-order valence-electron chi connectivity index (χ1n) is 3.94. The molecule has 0 bridgehead atoms. The van der Waals surface area contributed by atoms with Gasteiger partial charge in [0.15, 0.2) is 0 Å². The van der Waals surface area contributed by atoms with Crippen LogP contribution >= 0.6 is 11.6 Å². The number of aliphatic hydroxyl groups excluding tert-OH is 1. The summed E-state index contributed by atoms with van der Waals surface area (Å²) in [6, 6.07) is 2.81. The van der Waals surface area contributed by atoms with Crippen molar-refractivity contribution >= 4 is 11.6 Å². The first kappa shape index (κ1) is 10.3. The third kappa shape index (κ3) is 2.12. The highest BCUT2D eigenvalue weighted by atomic mass is 35.5. The van der Waals surface area contributed by atoms with E-state index < -0.39 is 0 Å². The number of nitrogens with two attached hydrogens (primary N) is 1. The van der Waals surface area contributed by atoms with E-state index in [0.717, 1.165) is 0 Å². The number of halogens is 1. The number of benzene rings is 1. The maximum absolute atomic E-state index is 9.59. The Morgan fingerprint density at radius 1 is 1.54 bits per heavy atom. The van der Waals surface area contributed by atoms with Crippen LogP contribution in [-0.2, 0) is 6.61 Å². The third-order valence-electron chi connectivity index (χ3n) is 1.84. The van der Waals surface area contributed by atoms with Crippen molar-refractivity contribution in [1.82, 2.24) is 0 Å². The molecule has 0 aliphatic rings. The third-order valence-corrected chi connectivity index (χ3v) is 2.06. The molecule has 0 fully saturated rings. The minimum absolute atomic E-state index is 0.0295. The summed E-state index contributed by atoms with van der Waals surface area (Å²) in [6.07, 6.45) is 0. The second-order valence-corrected chi connectivity index (χ2v) is 3.39. The van der Waals surface area contributed by atoms with Crippen molar-refractivity contribution in [3.8, 4) is 5.75 Å². The smallest absolute Gasteiger partial charge is 0.125 e. The summed E-state index contributed by atoms with van der Waals surface area (Å²) in [5, 5.41) is 18.9. The van der Waals surface area contributed by atoms with E-state index in [1.54, 1.807) is 13.0 Å². The Bertz CT molecular complexity index is 313. The van der Waals surface area contributed by atoms with Crippen LogP contribution in [0.4, 0.5) is 0 Å². The van der Waals surface area contributed by atoms with Crippen LogP contribution in [0.2, 0.25) is 5.02 Å². The Labute approximate surface area is 81.8 Å². The van der Waals surface area contributed by atoms with Crippen molar-refractivity contribution in [2.75, 3.05) is 0 Å². The second-order valence-electron chi connectivity index (χ2n) is 2.95. The Kier molecular flexibility index (Phi) is 3.14. The van der Waals surface area contributed by atoms with Gasteiger partial charge in [0, 0.05) is 22.2 Å². The van der Waals surface area contributed by atoms with Gasteiger partial charge in [-0.15, -0.1) is 0 Å². The Morgan fingerprint density at radius 3 is 2.62 bits per heavy atom. The zero-order chi connectivity index (χ0) is 10.0. The molecule has 1 atom stereocenters. The summed E-state index contributed by atoms with van der Waals surface area (Å²) in [4.78, 5) is 0. The molecule has 0 aliphatic heterocycles. The van der Waals surface area contributed by atoms with Crippen LogP contribution in [-0.4, -0.2) is 10.2 Å². The normalized spacial score (nSPS) is 12.9. The summed E-state index contributed by atoms with van der Waals surface area (Å²) >= 11 is 5.77. The lowest BCUT2D eigenvalue weighted by Crippen LogP contribution is -2.06. The molecular formula is C9H12ClNO2. The summed E-state index contributed by atoms with van der Waals surface area (Å²) in [6.45, 7) is 1.50.